The largest absolute Gasteiger partial charge is 0.366 e. The first-order chi connectivity index (χ1) is 8.63. The van der Waals surface area contributed by atoms with E-state index in [4.69, 9.17) is 0 Å². The van der Waals surface area contributed by atoms with E-state index in [1.807, 2.05) is 0 Å². The van der Waals surface area contributed by atoms with E-state index in [1.54, 1.807) is 12.1 Å². The predicted molar refractivity (Wildman–Crippen MR) is 72.5 cm³/mol. The predicted octanol–water partition coefficient (Wildman–Crippen LogP) is 1.85. The fourth-order valence-corrected chi connectivity index (χ4v) is 1.32. The molecule has 18 heavy (non-hydrogen) atoms. The lowest BCUT2D eigenvalue weighted by Crippen LogP contribution is -2.26. The van der Waals surface area contributed by atoms with Crippen molar-refractivity contribution in [3.8, 4) is 0 Å². The fourth-order valence-electron chi connectivity index (χ4n) is 1.32. The highest BCUT2D eigenvalue weighted by Gasteiger charge is 2.08. The molecule has 1 heterocycles. The number of hydrogen-bond donors (Lipinski definition) is 2. The van der Waals surface area contributed by atoms with Gasteiger partial charge in [-0.2, -0.15) is 0 Å². The molecule has 0 saturated heterocycles. The summed E-state index contributed by atoms with van der Waals surface area (Å²) in [6, 6.07) is 1.63. The summed E-state index contributed by atoms with van der Waals surface area (Å²) in [5.41, 5.74) is 0.375. The third-order valence-corrected chi connectivity index (χ3v) is 2.33. The van der Waals surface area contributed by atoms with Crippen LogP contribution in [0.4, 0.5) is 5.82 Å². The summed E-state index contributed by atoms with van der Waals surface area (Å²) in [7, 11) is 0. The number of hydrogen-bond acceptors (Lipinski definition) is 4. The molecule has 1 amide bonds. The number of carbonyl (C=O) groups is 1. The molecule has 5 nitrogen and oxygen atoms in total. The zero-order chi connectivity index (χ0) is 13.4. The van der Waals surface area contributed by atoms with Crippen molar-refractivity contribution in [2.24, 2.45) is 5.92 Å². The van der Waals surface area contributed by atoms with Crippen LogP contribution in [0.2, 0.25) is 0 Å². The topological polar surface area (TPSA) is 66.9 Å². The zero-order valence-electron chi connectivity index (χ0n) is 10.9. The SMILES string of the molecule is C=CCNc1cc(C(=O)NCCC(C)C)ncn1. The molecule has 0 aliphatic carbocycles. The van der Waals surface area contributed by atoms with Crippen molar-refractivity contribution in [2.45, 2.75) is 20.3 Å². The van der Waals surface area contributed by atoms with Gasteiger partial charge in [-0.05, 0) is 12.3 Å². The van der Waals surface area contributed by atoms with Crippen molar-refractivity contribution in [2.75, 3.05) is 18.4 Å². The van der Waals surface area contributed by atoms with Crippen LogP contribution in [0.5, 0.6) is 0 Å². The third kappa shape index (κ3) is 4.95. The van der Waals surface area contributed by atoms with Gasteiger partial charge in [0, 0.05) is 19.2 Å². The minimum Gasteiger partial charge on any atom is -0.366 e. The summed E-state index contributed by atoms with van der Waals surface area (Å²) in [5.74, 6) is 1.03. The standard InChI is InChI=1S/C13H20N4O/c1-4-6-14-12-8-11(16-9-17-12)13(18)15-7-5-10(2)3/h4,8-10H,1,5-7H2,2-3H3,(H,15,18)(H,14,16,17). The second-order valence-corrected chi connectivity index (χ2v) is 4.40. The van der Waals surface area contributed by atoms with E-state index < -0.39 is 0 Å². The molecule has 0 bridgehead atoms. The maximum absolute atomic E-state index is 11.8. The van der Waals surface area contributed by atoms with E-state index in [2.05, 4.69) is 41.0 Å². The lowest BCUT2D eigenvalue weighted by Gasteiger charge is -2.07. The average molecular weight is 248 g/mol. The van der Waals surface area contributed by atoms with Crippen molar-refractivity contribution in [3.63, 3.8) is 0 Å². The Kier molecular flexibility index (Phi) is 5.84. The van der Waals surface area contributed by atoms with Crippen LogP contribution in [0.25, 0.3) is 0 Å². The van der Waals surface area contributed by atoms with Crippen LogP contribution in [-0.2, 0) is 0 Å². The number of nitrogens with one attached hydrogen (secondary N) is 2. The normalized spacial score (nSPS) is 10.2. The molecule has 98 valence electrons. The third-order valence-electron chi connectivity index (χ3n) is 2.33. The Morgan fingerprint density at radius 2 is 2.28 bits per heavy atom. The molecule has 1 aromatic heterocycles. The van der Waals surface area contributed by atoms with Crippen LogP contribution in [0, 0.1) is 5.92 Å². The quantitative estimate of drug-likeness (QED) is 0.723. The van der Waals surface area contributed by atoms with Gasteiger partial charge < -0.3 is 10.6 Å². The second kappa shape index (κ2) is 7.42. The maximum Gasteiger partial charge on any atom is 0.270 e. The van der Waals surface area contributed by atoms with Gasteiger partial charge in [-0.3, -0.25) is 4.79 Å². The lowest BCUT2D eigenvalue weighted by molar-refractivity contribution is 0.0947. The number of nitrogens with zero attached hydrogens (tertiary/aromatic N) is 2. The summed E-state index contributed by atoms with van der Waals surface area (Å²) >= 11 is 0. The molecule has 0 unspecified atom stereocenters. The van der Waals surface area contributed by atoms with Crippen LogP contribution in [0.1, 0.15) is 30.8 Å². The molecule has 0 saturated carbocycles. The fraction of sp³-hybridized carbons (Fsp3) is 0.462. The first-order valence-corrected chi connectivity index (χ1v) is 6.08. The Labute approximate surface area is 108 Å². The summed E-state index contributed by atoms with van der Waals surface area (Å²) < 4.78 is 0. The number of anilines is 1. The summed E-state index contributed by atoms with van der Waals surface area (Å²) in [6.07, 6.45) is 4.06. The van der Waals surface area contributed by atoms with Gasteiger partial charge in [-0.15, -0.1) is 6.58 Å². The van der Waals surface area contributed by atoms with Crippen molar-refractivity contribution in [1.29, 1.82) is 0 Å². The van der Waals surface area contributed by atoms with Gasteiger partial charge in [-0.1, -0.05) is 19.9 Å². The Hall–Kier alpha value is -1.91. The van der Waals surface area contributed by atoms with Crippen molar-refractivity contribution in [3.05, 3.63) is 30.7 Å². The molecule has 0 atom stereocenters. The number of amides is 1. The molecule has 5 heteroatoms. The Bertz CT molecular complexity index is 404. The molecule has 0 aromatic carbocycles. The molecule has 0 aliphatic heterocycles. The highest BCUT2D eigenvalue weighted by atomic mass is 16.1. The maximum atomic E-state index is 11.8. The van der Waals surface area contributed by atoms with Gasteiger partial charge in [0.2, 0.25) is 0 Å². The van der Waals surface area contributed by atoms with Gasteiger partial charge in [0.1, 0.15) is 17.8 Å². The number of aromatic nitrogens is 2. The first-order valence-electron chi connectivity index (χ1n) is 6.08. The highest BCUT2D eigenvalue weighted by Crippen LogP contribution is 2.04. The van der Waals surface area contributed by atoms with Crippen LogP contribution in [0.3, 0.4) is 0 Å². The number of rotatable bonds is 7. The Morgan fingerprint density at radius 3 is 2.94 bits per heavy atom. The van der Waals surface area contributed by atoms with E-state index in [-0.39, 0.29) is 5.91 Å². The van der Waals surface area contributed by atoms with Gasteiger partial charge in [0.15, 0.2) is 0 Å². The van der Waals surface area contributed by atoms with Gasteiger partial charge in [0.25, 0.3) is 5.91 Å². The summed E-state index contributed by atoms with van der Waals surface area (Å²) in [4.78, 5) is 19.8. The molecule has 2 N–H and O–H groups in total. The minimum atomic E-state index is -0.167. The van der Waals surface area contributed by atoms with Crippen LogP contribution < -0.4 is 10.6 Å². The van der Waals surface area contributed by atoms with Gasteiger partial charge in [0.05, 0.1) is 0 Å². The highest BCUT2D eigenvalue weighted by molar-refractivity contribution is 5.92. The molecule has 1 rings (SSSR count). The first kappa shape index (κ1) is 14.2. The van der Waals surface area contributed by atoms with Gasteiger partial charge in [-0.25, -0.2) is 9.97 Å². The van der Waals surface area contributed by atoms with Gasteiger partial charge >= 0.3 is 0 Å². The molecule has 0 radical (unpaired) electrons. The lowest BCUT2D eigenvalue weighted by atomic mass is 10.1. The Balaban J connectivity index is 2.54. The monoisotopic (exact) mass is 248 g/mol. The van der Waals surface area contributed by atoms with E-state index >= 15 is 0 Å². The van der Waals surface area contributed by atoms with E-state index in [1.165, 1.54) is 6.33 Å². The summed E-state index contributed by atoms with van der Waals surface area (Å²) in [5, 5.41) is 5.85. The van der Waals surface area contributed by atoms with E-state index in [0.717, 1.165) is 6.42 Å². The van der Waals surface area contributed by atoms with Crippen LogP contribution in [0.15, 0.2) is 25.0 Å². The summed E-state index contributed by atoms with van der Waals surface area (Å²) in [6.45, 7) is 9.11. The van der Waals surface area contributed by atoms with Crippen LogP contribution >= 0.6 is 0 Å². The molecule has 1 aromatic rings. The molecule has 0 fully saturated rings. The van der Waals surface area contributed by atoms with Crippen molar-refractivity contribution in [1.82, 2.24) is 15.3 Å². The average Bonchev–Trinajstić information content (AvgIpc) is 2.36. The van der Waals surface area contributed by atoms with E-state index in [0.29, 0.717) is 30.5 Å². The van der Waals surface area contributed by atoms with Crippen molar-refractivity contribution >= 4 is 11.7 Å². The van der Waals surface area contributed by atoms with Crippen LogP contribution in [-0.4, -0.2) is 29.0 Å². The molecule has 0 aliphatic rings. The molecular formula is C13H20N4O. The Morgan fingerprint density at radius 1 is 1.50 bits per heavy atom. The molecular weight excluding hydrogens is 228 g/mol. The smallest absolute Gasteiger partial charge is 0.270 e. The zero-order valence-corrected chi connectivity index (χ0v) is 10.9. The minimum absolute atomic E-state index is 0.167. The van der Waals surface area contributed by atoms with Crippen molar-refractivity contribution < 1.29 is 4.79 Å². The van der Waals surface area contributed by atoms with E-state index in [9.17, 15) is 4.79 Å². The number of carbonyl (C=O) groups excluding carboxylic acids is 1. The molecule has 0 spiro atoms. The second-order valence-electron chi connectivity index (χ2n) is 4.40.